The molecule has 0 spiro atoms. The summed E-state index contributed by atoms with van der Waals surface area (Å²) in [6.07, 6.45) is 2.21. The highest BCUT2D eigenvalue weighted by Crippen LogP contribution is 2.44. The maximum atomic E-state index is 13.7. The van der Waals surface area contributed by atoms with Crippen LogP contribution in [0.4, 0.5) is 4.79 Å². The third-order valence-corrected chi connectivity index (χ3v) is 7.97. The highest BCUT2D eigenvalue weighted by atomic mass is 16.5. The lowest BCUT2D eigenvalue weighted by Crippen LogP contribution is -2.46. The summed E-state index contributed by atoms with van der Waals surface area (Å²) in [4.78, 5) is 39.4. The second kappa shape index (κ2) is 12.2. The van der Waals surface area contributed by atoms with Crippen molar-refractivity contribution >= 4 is 18.0 Å². The lowest BCUT2D eigenvalue weighted by atomic mass is 9.75. The highest BCUT2D eigenvalue weighted by Gasteiger charge is 2.36. The summed E-state index contributed by atoms with van der Waals surface area (Å²) in [7, 11) is 0. The van der Waals surface area contributed by atoms with Crippen LogP contribution >= 0.6 is 0 Å². The molecule has 202 valence electrons. The summed E-state index contributed by atoms with van der Waals surface area (Å²) in [5, 5.41) is 12.1. The molecule has 2 N–H and O–H groups in total. The van der Waals surface area contributed by atoms with Crippen molar-refractivity contribution in [1.29, 1.82) is 0 Å². The average molecular weight is 527 g/mol. The number of carboxylic acid groups (broad SMARTS) is 1. The molecule has 2 aliphatic carbocycles. The molecule has 0 aromatic heterocycles. The SMILES string of the molecule is O=C(O)CCN(Cc1ccccc1)C(=O)C(CNC(=O)OCC1c2ccccc2-c2ccccc21)C1CCC1. The lowest BCUT2D eigenvalue weighted by Gasteiger charge is -2.36. The highest BCUT2D eigenvalue weighted by molar-refractivity contribution is 5.81. The Morgan fingerprint density at radius 2 is 1.51 bits per heavy atom. The van der Waals surface area contributed by atoms with Gasteiger partial charge in [-0.05, 0) is 46.6 Å². The first-order valence-corrected chi connectivity index (χ1v) is 13.6. The predicted molar refractivity (Wildman–Crippen MR) is 148 cm³/mol. The van der Waals surface area contributed by atoms with Gasteiger partial charge in [0.15, 0.2) is 0 Å². The number of ether oxygens (including phenoxy) is 1. The van der Waals surface area contributed by atoms with Crippen LogP contribution in [0.1, 0.15) is 48.3 Å². The van der Waals surface area contributed by atoms with E-state index in [1.165, 1.54) is 0 Å². The number of alkyl carbamates (subject to hydrolysis) is 1. The smallest absolute Gasteiger partial charge is 0.407 e. The number of hydrogen-bond acceptors (Lipinski definition) is 4. The van der Waals surface area contributed by atoms with Crippen LogP contribution in [0, 0.1) is 11.8 Å². The summed E-state index contributed by atoms with van der Waals surface area (Å²) in [5.41, 5.74) is 5.55. The van der Waals surface area contributed by atoms with Gasteiger partial charge >= 0.3 is 12.1 Å². The van der Waals surface area contributed by atoms with Crippen molar-refractivity contribution < 1.29 is 24.2 Å². The Labute approximate surface area is 228 Å². The standard InChI is InChI=1S/C32H34N2O5/c35-30(36)17-18-34(20-22-9-2-1-3-10-22)31(37)28(23-11-8-12-23)19-33-32(38)39-21-29-26-15-6-4-13-24(26)25-14-5-7-16-27(25)29/h1-7,9-10,13-16,23,28-29H,8,11-12,17-21H2,(H,33,38)(H,35,36). The van der Waals surface area contributed by atoms with E-state index in [1.54, 1.807) is 4.90 Å². The van der Waals surface area contributed by atoms with E-state index in [1.807, 2.05) is 54.6 Å². The van der Waals surface area contributed by atoms with E-state index >= 15 is 0 Å². The van der Waals surface area contributed by atoms with Crippen LogP contribution in [0.25, 0.3) is 11.1 Å². The molecule has 2 aliphatic rings. The van der Waals surface area contributed by atoms with E-state index in [0.29, 0.717) is 6.54 Å². The first-order valence-electron chi connectivity index (χ1n) is 13.6. The van der Waals surface area contributed by atoms with Gasteiger partial charge in [-0.1, -0.05) is 85.3 Å². The molecule has 1 atom stereocenters. The molecule has 5 rings (SSSR count). The summed E-state index contributed by atoms with van der Waals surface area (Å²) in [5.74, 6) is -1.36. The molecule has 0 saturated heterocycles. The number of benzene rings is 3. The molecule has 7 heteroatoms. The summed E-state index contributed by atoms with van der Waals surface area (Å²) in [6, 6.07) is 25.9. The van der Waals surface area contributed by atoms with E-state index in [9.17, 15) is 19.5 Å². The van der Waals surface area contributed by atoms with Crippen LogP contribution in [0.2, 0.25) is 0 Å². The van der Waals surface area contributed by atoms with E-state index in [0.717, 1.165) is 47.1 Å². The molecule has 0 bridgehead atoms. The summed E-state index contributed by atoms with van der Waals surface area (Å²) >= 11 is 0. The van der Waals surface area contributed by atoms with E-state index in [-0.39, 0.29) is 43.9 Å². The molecular formula is C32H34N2O5. The number of fused-ring (bicyclic) bond motifs is 3. The van der Waals surface area contributed by atoms with Crippen molar-refractivity contribution in [3.63, 3.8) is 0 Å². The second-order valence-electron chi connectivity index (χ2n) is 10.4. The van der Waals surface area contributed by atoms with Gasteiger partial charge in [-0.3, -0.25) is 9.59 Å². The van der Waals surface area contributed by atoms with Gasteiger partial charge in [0, 0.05) is 25.6 Å². The van der Waals surface area contributed by atoms with Crippen molar-refractivity contribution in [1.82, 2.24) is 10.2 Å². The van der Waals surface area contributed by atoms with Gasteiger partial charge in [0.05, 0.1) is 12.3 Å². The first-order chi connectivity index (χ1) is 19.0. The van der Waals surface area contributed by atoms with Crippen molar-refractivity contribution in [3.8, 4) is 11.1 Å². The quantitative estimate of drug-likeness (QED) is 0.347. The van der Waals surface area contributed by atoms with Crippen molar-refractivity contribution in [3.05, 3.63) is 95.6 Å². The van der Waals surface area contributed by atoms with Crippen LogP contribution in [-0.4, -0.2) is 47.7 Å². The minimum atomic E-state index is -0.946. The fourth-order valence-electron chi connectivity index (χ4n) is 5.68. The number of aliphatic carboxylic acids is 1. The van der Waals surface area contributed by atoms with Gasteiger partial charge in [-0.2, -0.15) is 0 Å². The zero-order valence-corrected chi connectivity index (χ0v) is 21.9. The Balaban J connectivity index is 1.23. The Morgan fingerprint density at radius 3 is 2.10 bits per heavy atom. The van der Waals surface area contributed by atoms with Crippen molar-refractivity contribution in [2.24, 2.45) is 11.8 Å². The first kappa shape index (κ1) is 26.5. The normalized spacial score (nSPS) is 15.0. The zero-order valence-electron chi connectivity index (χ0n) is 21.9. The molecule has 1 fully saturated rings. The molecule has 2 amide bonds. The molecule has 3 aromatic carbocycles. The number of carboxylic acids is 1. The van der Waals surface area contributed by atoms with Gasteiger partial charge in [-0.25, -0.2) is 4.79 Å². The van der Waals surface area contributed by atoms with Gasteiger partial charge in [0.2, 0.25) is 5.91 Å². The van der Waals surface area contributed by atoms with Crippen molar-refractivity contribution in [2.75, 3.05) is 19.7 Å². The monoisotopic (exact) mass is 526 g/mol. The number of nitrogens with zero attached hydrogens (tertiary/aromatic N) is 1. The molecule has 1 unspecified atom stereocenters. The van der Waals surface area contributed by atoms with Crippen LogP contribution in [0.5, 0.6) is 0 Å². The third-order valence-electron chi connectivity index (χ3n) is 7.97. The maximum absolute atomic E-state index is 13.7. The maximum Gasteiger partial charge on any atom is 0.407 e. The molecular weight excluding hydrogens is 492 g/mol. The molecule has 39 heavy (non-hydrogen) atoms. The Morgan fingerprint density at radius 1 is 0.897 bits per heavy atom. The predicted octanol–water partition coefficient (Wildman–Crippen LogP) is 5.44. The number of rotatable bonds is 11. The number of nitrogens with one attached hydrogen (secondary N) is 1. The van der Waals surface area contributed by atoms with Gasteiger partial charge in [0.1, 0.15) is 6.61 Å². The Hall–Kier alpha value is -4.13. The number of hydrogen-bond donors (Lipinski definition) is 2. The van der Waals surface area contributed by atoms with Crippen LogP contribution in [-0.2, 0) is 20.9 Å². The van der Waals surface area contributed by atoms with Crippen LogP contribution in [0.3, 0.4) is 0 Å². The third kappa shape index (κ3) is 6.14. The average Bonchev–Trinajstić information content (AvgIpc) is 3.24. The van der Waals surface area contributed by atoms with Gasteiger partial charge in [0.25, 0.3) is 0 Å². The number of carbonyl (C=O) groups is 3. The molecule has 7 nitrogen and oxygen atoms in total. The van der Waals surface area contributed by atoms with E-state index in [4.69, 9.17) is 4.74 Å². The number of carbonyl (C=O) groups excluding carboxylic acids is 2. The van der Waals surface area contributed by atoms with Crippen molar-refractivity contribution in [2.45, 2.75) is 38.1 Å². The number of amides is 2. The zero-order chi connectivity index (χ0) is 27.2. The largest absolute Gasteiger partial charge is 0.481 e. The Kier molecular flexibility index (Phi) is 8.25. The van der Waals surface area contributed by atoms with Crippen LogP contribution < -0.4 is 5.32 Å². The minimum Gasteiger partial charge on any atom is -0.481 e. The van der Waals surface area contributed by atoms with E-state index < -0.39 is 18.0 Å². The second-order valence-corrected chi connectivity index (χ2v) is 10.4. The fraction of sp³-hybridized carbons (Fsp3) is 0.344. The van der Waals surface area contributed by atoms with E-state index in [2.05, 4.69) is 29.6 Å². The fourth-order valence-corrected chi connectivity index (χ4v) is 5.68. The lowest BCUT2D eigenvalue weighted by molar-refractivity contribution is -0.141. The summed E-state index contributed by atoms with van der Waals surface area (Å²) < 4.78 is 5.68. The molecule has 3 aromatic rings. The molecule has 0 aliphatic heterocycles. The van der Waals surface area contributed by atoms with Gasteiger partial charge in [-0.15, -0.1) is 0 Å². The molecule has 0 heterocycles. The van der Waals surface area contributed by atoms with Crippen LogP contribution in [0.15, 0.2) is 78.9 Å². The topological polar surface area (TPSA) is 95.9 Å². The summed E-state index contributed by atoms with van der Waals surface area (Å²) in [6.45, 7) is 0.831. The Bertz CT molecular complexity index is 1280. The minimum absolute atomic E-state index is 0.0374. The molecule has 0 radical (unpaired) electrons. The van der Waals surface area contributed by atoms with Gasteiger partial charge < -0.3 is 20.1 Å². The molecule has 1 saturated carbocycles.